The summed E-state index contributed by atoms with van der Waals surface area (Å²) in [6.45, 7) is 6.39. The second kappa shape index (κ2) is 7.94. The maximum atomic E-state index is 11.9. The van der Waals surface area contributed by atoms with Gasteiger partial charge in [-0.15, -0.1) is 11.3 Å². The smallest absolute Gasteiger partial charge is 0.223 e. The Balaban J connectivity index is 1.73. The third-order valence-corrected chi connectivity index (χ3v) is 4.18. The number of aromatic nitrogens is 1. The van der Waals surface area contributed by atoms with Gasteiger partial charge < -0.3 is 10.1 Å². The van der Waals surface area contributed by atoms with Crippen LogP contribution in [0.25, 0.3) is 0 Å². The van der Waals surface area contributed by atoms with Crippen molar-refractivity contribution in [2.45, 2.75) is 39.7 Å². The van der Waals surface area contributed by atoms with E-state index >= 15 is 0 Å². The molecule has 1 heterocycles. The zero-order valence-corrected chi connectivity index (χ0v) is 14.1. The number of amides is 1. The van der Waals surface area contributed by atoms with Crippen LogP contribution in [-0.4, -0.2) is 17.5 Å². The highest BCUT2D eigenvalue weighted by Crippen LogP contribution is 2.16. The molecule has 0 aliphatic carbocycles. The molecule has 2 aromatic rings. The first kappa shape index (κ1) is 16.5. The summed E-state index contributed by atoms with van der Waals surface area (Å²) in [5.74, 6) is 0.775. The molecule has 22 heavy (non-hydrogen) atoms. The summed E-state index contributed by atoms with van der Waals surface area (Å²) in [7, 11) is 0. The van der Waals surface area contributed by atoms with Crippen LogP contribution in [0.5, 0.6) is 5.75 Å². The molecule has 4 nitrogen and oxygen atoms in total. The molecular formula is C17H22N2O2S. The highest BCUT2D eigenvalue weighted by Gasteiger charge is 2.12. The summed E-state index contributed by atoms with van der Waals surface area (Å²) >= 11 is 1.59. The van der Waals surface area contributed by atoms with Crippen molar-refractivity contribution in [3.8, 4) is 5.75 Å². The number of carbonyl (C=O) groups is 1. The minimum Gasteiger partial charge on any atom is -0.493 e. The zero-order chi connectivity index (χ0) is 15.9. The fourth-order valence-corrected chi connectivity index (χ4v) is 2.76. The van der Waals surface area contributed by atoms with Crippen LogP contribution in [0.2, 0.25) is 0 Å². The van der Waals surface area contributed by atoms with E-state index in [-0.39, 0.29) is 11.9 Å². The average Bonchev–Trinajstić information content (AvgIpc) is 2.94. The topological polar surface area (TPSA) is 51.2 Å². The highest BCUT2D eigenvalue weighted by molar-refractivity contribution is 7.09. The van der Waals surface area contributed by atoms with Gasteiger partial charge in [-0.3, -0.25) is 4.79 Å². The lowest BCUT2D eigenvalue weighted by molar-refractivity contribution is -0.122. The molecule has 1 aromatic heterocycles. The molecule has 0 radical (unpaired) electrons. The van der Waals surface area contributed by atoms with Gasteiger partial charge in [0.05, 0.1) is 29.8 Å². The van der Waals surface area contributed by atoms with Gasteiger partial charge in [0.1, 0.15) is 5.75 Å². The van der Waals surface area contributed by atoms with Crippen molar-refractivity contribution in [1.82, 2.24) is 10.3 Å². The maximum absolute atomic E-state index is 11.9. The molecule has 118 valence electrons. The normalized spacial score (nSPS) is 12.0. The minimum atomic E-state index is -0.0683. The van der Waals surface area contributed by atoms with Gasteiger partial charge in [0, 0.05) is 5.38 Å². The fourth-order valence-electron chi connectivity index (χ4n) is 2.05. The van der Waals surface area contributed by atoms with E-state index < -0.39 is 0 Å². The van der Waals surface area contributed by atoms with Crippen molar-refractivity contribution in [3.63, 3.8) is 0 Å². The zero-order valence-electron chi connectivity index (χ0n) is 13.3. The Morgan fingerprint density at radius 3 is 2.68 bits per heavy atom. The van der Waals surface area contributed by atoms with E-state index in [4.69, 9.17) is 4.74 Å². The second-order valence-corrected chi connectivity index (χ2v) is 6.24. The number of hydrogen-bond donors (Lipinski definition) is 1. The Labute approximate surface area is 135 Å². The quantitative estimate of drug-likeness (QED) is 0.847. The van der Waals surface area contributed by atoms with Crippen LogP contribution in [0.15, 0.2) is 29.6 Å². The van der Waals surface area contributed by atoms with Gasteiger partial charge in [0.15, 0.2) is 0 Å². The number of rotatable bonds is 7. The maximum Gasteiger partial charge on any atom is 0.223 e. The molecule has 0 saturated carbocycles. The van der Waals surface area contributed by atoms with Gasteiger partial charge in [0.25, 0.3) is 0 Å². The van der Waals surface area contributed by atoms with Crippen LogP contribution in [0.1, 0.15) is 42.6 Å². The molecule has 0 aliphatic rings. The van der Waals surface area contributed by atoms with Crippen molar-refractivity contribution in [2.75, 3.05) is 6.61 Å². The molecule has 1 amide bonds. The minimum absolute atomic E-state index is 0.0247. The van der Waals surface area contributed by atoms with Gasteiger partial charge in [-0.05, 0) is 38.0 Å². The lowest BCUT2D eigenvalue weighted by Crippen LogP contribution is -2.28. The van der Waals surface area contributed by atoms with Crippen molar-refractivity contribution < 1.29 is 9.53 Å². The van der Waals surface area contributed by atoms with Crippen LogP contribution in [0.4, 0.5) is 0 Å². The van der Waals surface area contributed by atoms with Crippen molar-refractivity contribution in [3.05, 3.63) is 45.9 Å². The molecule has 1 aromatic carbocycles. The molecule has 0 spiro atoms. The fraction of sp³-hybridized carbons (Fsp3) is 0.412. The summed E-state index contributed by atoms with van der Waals surface area (Å²) in [5, 5.41) is 5.93. The van der Waals surface area contributed by atoms with Crippen LogP contribution >= 0.6 is 11.3 Å². The predicted molar refractivity (Wildman–Crippen MR) is 89.3 cm³/mol. The average molecular weight is 318 g/mol. The molecule has 1 unspecified atom stereocenters. The van der Waals surface area contributed by atoms with Gasteiger partial charge in [-0.1, -0.05) is 19.1 Å². The van der Waals surface area contributed by atoms with Crippen molar-refractivity contribution >= 4 is 17.2 Å². The Bertz CT molecular complexity index is 607. The van der Waals surface area contributed by atoms with Gasteiger partial charge >= 0.3 is 0 Å². The first-order chi connectivity index (χ1) is 10.6. The van der Waals surface area contributed by atoms with Crippen LogP contribution < -0.4 is 10.1 Å². The van der Waals surface area contributed by atoms with Gasteiger partial charge in [-0.2, -0.15) is 0 Å². The summed E-state index contributed by atoms with van der Waals surface area (Å²) in [6, 6.07) is 7.90. The van der Waals surface area contributed by atoms with Crippen LogP contribution in [0.3, 0.4) is 0 Å². The predicted octanol–water partition coefficient (Wildman–Crippen LogP) is 3.66. The summed E-state index contributed by atoms with van der Waals surface area (Å²) in [6.07, 6.45) is 1.35. The molecular weight excluding hydrogens is 296 g/mol. The number of ether oxygens (including phenoxy) is 1. The number of aryl methyl sites for hydroxylation is 2. The molecule has 0 aliphatic heterocycles. The third kappa shape index (κ3) is 4.84. The Kier molecular flexibility index (Phi) is 5.95. The Morgan fingerprint density at radius 1 is 1.36 bits per heavy atom. The van der Waals surface area contributed by atoms with E-state index in [9.17, 15) is 4.79 Å². The summed E-state index contributed by atoms with van der Waals surface area (Å²) < 4.78 is 5.59. The summed E-state index contributed by atoms with van der Waals surface area (Å²) in [4.78, 5) is 16.3. The molecule has 0 saturated heterocycles. The lowest BCUT2D eigenvalue weighted by Gasteiger charge is -2.12. The second-order valence-electron chi connectivity index (χ2n) is 5.18. The Morgan fingerprint density at radius 2 is 2.09 bits per heavy atom. The van der Waals surface area contributed by atoms with Crippen molar-refractivity contribution in [1.29, 1.82) is 0 Å². The van der Waals surface area contributed by atoms with Crippen LogP contribution in [-0.2, 0) is 11.2 Å². The molecule has 1 N–H and O–H groups in total. The van der Waals surface area contributed by atoms with Gasteiger partial charge in [0.2, 0.25) is 5.91 Å². The third-order valence-electron chi connectivity index (χ3n) is 3.39. The first-order valence-corrected chi connectivity index (χ1v) is 8.39. The monoisotopic (exact) mass is 318 g/mol. The largest absolute Gasteiger partial charge is 0.493 e. The number of benzene rings is 1. The number of carbonyl (C=O) groups excluding carboxylic acids is 1. The molecule has 0 bridgehead atoms. The van der Waals surface area contributed by atoms with E-state index in [2.05, 4.69) is 17.2 Å². The first-order valence-electron chi connectivity index (χ1n) is 7.51. The van der Waals surface area contributed by atoms with E-state index in [0.29, 0.717) is 13.0 Å². The molecule has 5 heteroatoms. The summed E-state index contributed by atoms with van der Waals surface area (Å²) in [5.41, 5.74) is 2.18. The molecule has 1 atom stereocenters. The van der Waals surface area contributed by atoms with Crippen molar-refractivity contribution in [2.24, 2.45) is 0 Å². The molecule has 2 rings (SSSR count). The lowest BCUT2D eigenvalue weighted by atomic mass is 10.2. The Hall–Kier alpha value is -1.88. The standard InChI is InChI=1S/C17H22N2O2S/c1-4-14-5-7-15(8-6-14)21-10-9-17(20)18-12(2)16-11-22-13(3)19-16/h5-8,11-12H,4,9-10H2,1-3H3,(H,18,20). The van der Waals surface area contributed by atoms with E-state index in [1.54, 1.807) is 11.3 Å². The van der Waals surface area contributed by atoms with Crippen LogP contribution in [0, 0.1) is 6.92 Å². The number of nitrogens with one attached hydrogen (secondary N) is 1. The van der Waals surface area contributed by atoms with E-state index in [1.807, 2.05) is 43.5 Å². The van der Waals surface area contributed by atoms with E-state index in [0.717, 1.165) is 22.9 Å². The SMILES string of the molecule is CCc1ccc(OCCC(=O)NC(C)c2csc(C)n2)cc1. The van der Waals surface area contributed by atoms with E-state index in [1.165, 1.54) is 5.56 Å². The molecule has 0 fully saturated rings. The van der Waals surface area contributed by atoms with Gasteiger partial charge in [-0.25, -0.2) is 4.98 Å². The highest BCUT2D eigenvalue weighted by atomic mass is 32.1. The number of nitrogens with zero attached hydrogens (tertiary/aromatic N) is 1. The number of hydrogen-bond acceptors (Lipinski definition) is 4. The number of thiazole rings is 1.